The normalized spacial score (nSPS) is 11.0. The molecule has 0 unspecified atom stereocenters. The molecule has 0 fully saturated rings. The van der Waals surface area contributed by atoms with Crippen LogP contribution in [-0.2, 0) is 0 Å². The molecule has 0 amide bonds. The molecule has 0 bridgehead atoms. The maximum absolute atomic E-state index is 14.0. The van der Waals surface area contributed by atoms with Crippen LogP contribution in [-0.4, -0.2) is 9.49 Å². The van der Waals surface area contributed by atoms with E-state index >= 15 is 0 Å². The van der Waals surface area contributed by atoms with E-state index < -0.39 is 27.8 Å². The molecule has 2 aromatic heterocycles. The van der Waals surface area contributed by atoms with Crippen molar-refractivity contribution in [3.63, 3.8) is 0 Å². The van der Waals surface area contributed by atoms with Gasteiger partial charge in [-0.2, -0.15) is 0 Å². The largest absolute Gasteiger partial charge is 0.340 e. The Morgan fingerprint density at radius 1 is 1.18 bits per heavy atom. The number of hydrogen-bond donors (Lipinski definition) is 0. The summed E-state index contributed by atoms with van der Waals surface area (Å²) in [5.41, 5.74) is -1.23. The fraction of sp³-hybridized carbons (Fsp3) is 0. The molecule has 0 N–H and O–H groups in total. The zero-order valence-corrected chi connectivity index (χ0v) is 13.0. The number of hydrogen-bond acceptors (Lipinski definition) is 4. The van der Waals surface area contributed by atoms with Crippen LogP contribution in [0, 0.1) is 21.7 Å². The lowest BCUT2D eigenvalue weighted by molar-refractivity contribution is -0.380. The van der Waals surface area contributed by atoms with Crippen LogP contribution >= 0.6 is 27.3 Å². The lowest BCUT2D eigenvalue weighted by atomic mass is 10.2. The summed E-state index contributed by atoms with van der Waals surface area (Å²) in [6, 6.07) is 5.68. The molecule has 0 aliphatic carbocycles. The van der Waals surface area contributed by atoms with Crippen molar-refractivity contribution in [3.8, 4) is 5.69 Å². The van der Waals surface area contributed by atoms with Crippen LogP contribution in [0.25, 0.3) is 15.9 Å². The summed E-state index contributed by atoms with van der Waals surface area (Å²) < 4.78 is 28.9. The first kappa shape index (κ1) is 14.8. The minimum atomic E-state index is -0.929. The monoisotopic (exact) mass is 386 g/mol. The van der Waals surface area contributed by atoms with Crippen molar-refractivity contribution in [1.82, 2.24) is 4.57 Å². The first-order valence-corrected chi connectivity index (χ1v) is 7.45. The SMILES string of the molecule is O=c1ccc2c(Br)c([N+](=O)[O-])sc2n1-c1c(F)cccc1F. The van der Waals surface area contributed by atoms with Crippen molar-refractivity contribution in [2.75, 3.05) is 0 Å². The molecule has 3 aromatic rings. The average molecular weight is 387 g/mol. The molecule has 0 aliphatic rings. The number of nitrogens with zero attached hydrogens (tertiary/aromatic N) is 2. The fourth-order valence-corrected chi connectivity index (χ4v) is 3.92. The third-order valence-electron chi connectivity index (χ3n) is 2.99. The van der Waals surface area contributed by atoms with Gasteiger partial charge in [0.15, 0.2) is 0 Å². The molecule has 0 saturated carbocycles. The van der Waals surface area contributed by atoms with E-state index in [1.807, 2.05) is 0 Å². The van der Waals surface area contributed by atoms with Crippen molar-refractivity contribution in [2.24, 2.45) is 0 Å². The van der Waals surface area contributed by atoms with E-state index in [0.717, 1.165) is 22.8 Å². The maximum Gasteiger partial charge on any atom is 0.340 e. The van der Waals surface area contributed by atoms with Gasteiger partial charge in [-0.1, -0.05) is 6.07 Å². The summed E-state index contributed by atoms with van der Waals surface area (Å²) in [6.45, 7) is 0. The molecule has 3 rings (SSSR count). The highest BCUT2D eigenvalue weighted by atomic mass is 79.9. The van der Waals surface area contributed by atoms with E-state index in [1.54, 1.807) is 0 Å². The molecule has 1 aromatic carbocycles. The Morgan fingerprint density at radius 2 is 1.82 bits per heavy atom. The van der Waals surface area contributed by atoms with Crippen molar-refractivity contribution in [1.29, 1.82) is 0 Å². The highest BCUT2D eigenvalue weighted by molar-refractivity contribution is 9.10. The number of para-hydroxylation sites is 1. The predicted octanol–water partition coefficient (Wildman–Crippen LogP) is 4.00. The van der Waals surface area contributed by atoms with Gasteiger partial charge < -0.3 is 0 Å². The second-order valence-corrected chi connectivity index (χ2v) is 6.04. The first-order valence-electron chi connectivity index (χ1n) is 5.84. The Hall–Kier alpha value is -2.13. The summed E-state index contributed by atoms with van der Waals surface area (Å²) in [5, 5.41) is 11.1. The van der Waals surface area contributed by atoms with E-state index in [0.29, 0.717) is 16.7 Å². The number of fused-ring (bicyclic) bond motifs is 1. The summed E-state index contributed by atoms with van der Waals surface area (Å²) >= 11 is 3.76. The Labute approximate surface area is 133 Å². The van der Waals surface area contributed by atoms with Crippen LogP contribution in [0.5, 0.6) is 0 Å². The molecule has 112 valence electrons. The number of thiophene rings is 1. The molecule has 0 aliphatic heterocycles. The summed E-state index contributed by atoms with van der Waals surface area (Å²) in [4.78, 5) is 22.6. The molecule has 5 nitrogen and oxygen atoms in total. The standard InChI is InChI=1S/C13H5BrF2N2O3S/c14-10-6-4-5-9(19)17(12(6)22-13(10)18(20)21)11-7(15)2-1-3-8(11)16/h1-5H. The number of rotatable bonds is 2. The van der Waals surface area contributed by atoms with Crippen molar-refractivity contribution < 1.29 is 13.7 Å². The molecule has 0 saturated heterocycles. The Kier molecular flexibility index (Phi) is 3.53. The topological polar surface area (TPSA) is 65.1 Å². The van der Waals surface area contributed by atoms with Gasteiger partial charge in [0.1, 0.15) is 26.6 Å². The van der Waals surface area contributed by atoms with Gasteiger partial charge in [-0.15, -0.1) is 0 Å². The second-order valence-electron chi connectivity index (χ2n) is 4.27. The van der Waals surface area contributed by atoms with Gasteiger partial charge in [0.2, 0.25) is 0 Å². The van der Waals surface area contributed by atoms with E-state index in [2.05, 4.69) is 15.9 Å². The lowest BCUT2D eigenvalue weighted by Gasteiger charge is -2.09. The van der Waals surface area contributed by atoms with Gasteiger partial charge in [0.25, 0.3) is 5.56 Å². The maximum atomic E-state index is 14.0. The molecular formula is C13H5BrF2N2O3S. The predicted molar refractivity (Wildman–Crippen MR) is 81.7 cm³/mol. The molecule has 9 heteroatoms. The first-order chi connectivity index (χ1) is 10.4. The van der Waals surface area contributed by atoms with E-state index in [1.165, 1.54) is 12.1 Å². The highest BCUT2D eigenvalue weighted by Crippen LogP contribution is 2.41. The zero-order valence-electron chi connectivity index (χ0n) is 10.5. The van der Waals surface area contributed by atoms with E-state index in [9.17, 15) is 23.7 Å². The van der Waals surface area contributed by atoms with Gasteiger partial charge in [-0.3, -0.25) is 19.5 Å². The number of halogens is 3. The molecule has 0 atom stereocenters. The zero-order chi connectivity index (χ0) is 16.0. The third kappa shape index (κ3) is 2.13. The van der Waals surface area contributed by atoms with Crippen LogP contribution in [0.3, 0.4) is 0 Å². The van der Waals surface area contributed by atoms with E-state index in [4.69, 9.17) is 0 Å². The highest BCUT2D eigenvalue weighted by Gasteiger charge is 2.24. The lowest BCUT2D eigenvalue weighted by Crippen LogP contribution is -2.19. The Morgan fingerprint density at radius 3 is 2.41 bits per heavy atom. The summed E-state index contributed by atoms with van der Waals surface area (Å²) in [7, 11) is 0. The van der Waals surface area contributed by atoms with Crippen LogP contribution in [0.1, 0.15) is 0 Å². The molecular weight excluding hydrogens is 382 g/mol. The van der Waals surface area contributed by atoms with Crippen LogP contribution in [0.4, 0.5) is 13.8 Å². The van der Waals surface area contributed by atoms with Gasteiger partial charge in [-0.05, 0) is 45.5 Å². The minimum Gasteiger partial charge on any atom is -0.269 e. The summed E-state index contributed by atoms with van der Waals surface area (Å²) in [6.07, 6.45) is 0. The molecule has 0 spiro atoms. The molecule has 2 heterocycles. The fourth-order valence-electron chi connectivity index (χ4n) is 2.07. The summed E-state index contributed by atoms with van der Waals surface area (Å²) in [5.74, 6) is -1.86. The number of benzene rings is 1. The van der Waals surface area contributed by atoms with Crippen molar-refractivity contribution in [2.45, 2.75) is 0 Å². The van der Waals surface area contributed by atoms with Crippen LogP contribution in [0.15, 0.2) is 39.6 Å². The van der Waals surface area contributed by atoms with Gasteiger partial charge in [0, 0.05) is 11.5 Å². The number of nitro groups is 1. The quantitative estimate of drug-likeness (QED) is 0.493. The number of aromatic nitrogens is 1. The Bertz CT molecular complexity index is 963. The van der Waals surface area contributed by atoms with E-state index in [-0.39, 0.29) is 14.3 Å². The smallest absolute Gasteiger partial charge is 0.269 e. The van der Waals surface area contributed by atoms with Gasteiger partial charge >= 0.3 is 5.00 Å². The van der Waals surface area contributed by atoms with Crippen LogP contribution < -0.4 is 5.56 Å². The van der Waals surface area contributed by atoms with Crippen LogP contribution in [0.2, 0.25) is 0 Å². The molecule has 0 radical (unpaired) electrons. The third-order valence-corrected chi connectivity index (χ3v) is 5.20. The second kappa shape index (κ2) is 5.25. The molecule has 22 heavy (non-hydrogen) atoms. The Balaban J connectivity index is 2.49. The number of pyridine rings is 1. The van der Waals surface area contributed by atoms with Crippen molar-refractivity contribution >= 4 is 42.5 Å². The van der Waals surface area contributed by atoms with Crippen molar-refractivity contribution in [3.05, 3.63) is 66.9 Å². The van der Waals surface area contributed by atoms with Gasteiger partial charge in [0.05, 0.1) is 4.92 Å². The minimum absolute atomic E-state index is 0.0927. The average Bonchev–Trinajstić information content (AvgIpc) is 2.78. The van der Waals surface area contributed by atoms with Gasteiger partial charge in [-0.25, -0.2) is 8.78 Å².